The predicted molar refractivity (Wildman–Crippen MR) is 57.6 cm³/mol. The highest BCUT2D eigenvalue weighted by Crippen LogP contribution is 2.27. The first-order chi connectivity index (χ1) is 8.45. The number of aryl methyl sites for hydroxylation is 1. The van der Waals surface area contributed by atoms with Gasteiger partial charge in [-0.1, -0.05) is 0 Å². The van der Waals surface area contributed by atoms with Gasteiger partial charge in [-0.25, -0.2) is 4.98 Å². The van der Waals surface area contributed by atoms with Gasteiger partial charge in [-0.05, 0) is 0 Å². The third kappa shape index (κ3) is 2.96. The first-order valence-electron chi connectivity index (χ1n) is 5.06. The second-order valence-corrected chi connectivity index (χ2v) is 3.66. The van der Waals surface area contributed by atoms with Gasteiger partial charge in [-0.15, -0.1) is 0 Å². The quantitative estimate of drug-likeness (QED) is 0.911. The van der Waals surface area contributed by atoms with Crippen LogP contribution in [0.25, 0.3) is 0 Å². The summed E-state index contributed by atoms with van der Waals surface area (Å²) >= 11 is 0. The number of nitrogens with zero attached hydrogens (tertiary/aromatic N) is 4. The lowest BCUT2D eigenvalue weighted by atomic mass is 10.3. The molecule has 0 aliphatic rings. The minimum absolute atomic E-state index is 0.0775. The van der Waals surface area contributed by atoms with Gasteiger partial charge in [0, 0.05) is 25.4 Å². The summed E-state index contributed by atoms with van der Waals surface area (Å²) in [6.07, 6.45) is 0.821. The largest absolute Gasteiger partial charge is 0.434 e. The molecule has 8 heteroatoms. The molecule has 0 bridgehead atoms. The van der Waals surface area contributed by atoms with E-state index in [1.165, 1.54) is 6.20 Å². The maximum Gasteiger partial charge on any atom is 0.434 e. The zero-order chi connectivity index (χ0) is 13.2. The van der Waals surface area contributed by atoms with Crippen molar-refractivity contribution in [1.82, 2.24) is 19.7 Å². The molecule has 0 aromatic carbocycles. The van der Waals surface area contributed by atoms with Crippen LogP contribution in [0.5, 0.6) is 0 Å². The molecule has 2 heterocycles. The predicted octanol–water partition coefficient (Wildman–Crippen LogP) is 1.84. The first-order valence-corrected chi connectivity index (χ1v) is 5.06. The molecule has 1 N–H and O–H groups in total. The lowest BCUT2D eigenvalue weighted by Gasteiger charge is -2.07. The summed E-state index contributed by atoms with van der Waals surface area (Å²) < 4.78 is 38.8. The molecule has 96 valence electrons. The third-order valence-corrected chi connectivity index (χ3v) is 2.16. The Morgan fingerprint density at radius 3 is 2.67 bits per heavy atom. The van der Waals surface area contributed by atoms with Crippen LogP contribution in [0.2, 0.25) is 0 Å². The van der Waals surface area contributed by atoms with Crippen LogP contribution >= 0.6 is 0 Å². The van der Waals surface area contributed by atoms with Gasteiger partial charge in [-0.3, -0.25) is 9.67 Å². The van der Waals surface area contributed by atoms with E-state index in [1.807, 2.05) is 0 Å². The van der Waals surface area contributed by atoms with E-state index in [2.05, 4.69) is 20.4 Å². The summed E-state index contributed by atoms with van der Waals surface area (Å²) in [6.45, 7) is 0.337. The highest BCUT2D eigenvalue weighted by Gasteiger charge is 2.33. The average Bonchev–Trinajstić information content (AvgIpc) is 2.72. The van der Waals surface area contributed by atoms with Gasteiger partial charge in [0.25, 0.3) is 0 Å². The van der Waals surface area contributed by atoms with E-state index >= 15 is 0 Å². The maximum absolute atomic E-state index is 12.4. The van der Waals surface area contributed by atoms with Crippen LogP contribution in [-0.4, -0.2) is 19.7 Å². The molecule has 0 saturated heterocycles. The van der Waals surface area contributed by atoms with Crippen LogP contribution in [0.4, 0.5) is 19.0 Å². The molecule has 0 saturated carbocycles. The smallest absolute Gasteiger partial charge is 0.365 e. The van der Waals surface area contributed by atoms with Gasteiger partial charge in [0.2, 0.25) is 0 Å². The van der Waals surface area contributed by atoms with E-state index in [0.717, 1.165) is 5.56 Å². The van der Waals surface area contributed by atoms with E-state index in [0.29, 0.717) is 12.7 Å². The second-order valence-electron chi connectivity index (χ2n) is 3.66. The first kappa shape index (κ1) is 12.3. The number of hydrogen-bond acceptors (Lipinski definition) is 4. The van der Waals surface area contributed by atoms with E-state index in [9.17, 15) is 13.2 Å². The standard InChI is InChI=1S/C10H10F3N5/c1-18-6-7(3-16-18)2-15-9-5-14-4-8(17-9)10(11,12)13/h3-6H,2H2,1H3,(H,15,17). The average molecular weight is 257 g/mol. The third-order valence-electron chi connectivity index (χ3n) is 2.16. The summed E-state index contributed by atoms with van der Waals surface area (Å²) in [5.74, 6) is 0.0775. The summed E-state index contributed by atoms with van der Waals surface area (Å²) in [6, 6.07) is 0. The van der Waals surface area contributed by atoms with Crippen molar-refractivity contribution in [3.05, 3.63) is 36.0 Å². The van der Waals surface area contributed by atoms with Crippen molar-refractivity contribution in [2.45, 2.75) is 12.7 Å². The van der Waals surface area contributed by atoms with E-state index < -0.39 is 11.9 Å². The van der Waals surface area contributed by atoms with Crippen molar-refractivity contribution >= 4 is 5.82 Å². The van der Waals surface area contributed by atoms with Crippen molar-refractivity contribution in [1.29, 1.82) is 0 Å². The van der Waals surface area contributed by atoms with Crippen LogP contribution in [0, 0.1) is 0 Å². The fraction of sp³-hybridized carbons (Fsp3) is 0.300. The number of nitrogens with one attached hydrogen (secondary N) is 1. The van der Waals surface area contributed by atoms with Crippen LogP contribution < -0.4 is 5.32 Å². The Kier molecular flexibility index (Phi) is 3.17. The normalized spacial score (nSPS) is 11.6. The molecule has 0 radical (unpaired) electrons. The highest BCUT2D eigenvalue weighted by atomic mass is 19.4. The van der Waals surface area contributed by atoms with Gasteiger partial charge in [0.05, 0.1) is 18.6 Å². The SMILES string of the molecule is Cn1cc(CNc2cncc(C(F)(F)F)n2)cn1. The lowest BCUT2D eigenvalue weighted by Crippen LogP contribution is -2.11. The molecule has 0 amide bonds. The number of halogens is 3. The van der Waals surface area contributed by atoms with Gasteiger partial charge in [0.1, 0.15) is 5.82 Å². The maximum atomic E-state index is 12.4. The molecule has 0 atom stereocenters. The fourth-order valence-electron chi connectivity index (χ4n) is 1.34. The zero-order valence-electron chi connectivity index (χ0n) is 9.44. The van der Waals surface area contributed by atoms with Crippen molar-refractivity contribution in [3.63, 3.8) is 0 Å². The monoisotopic (exact) mass is 257 g/mol. The van der Waals surface area contributed by atoms with Crippen molar-refractivity contribution in [2.24, 2.45) is 7.05 Å². The second kappa shape index (κ2) is 4.63. The van der Waals surface area contributed by atoms with Crippen LogP contribution in [0.1, 0.15) is 11.3 Å². The van der Waals surface area contributed by atoms with Gasteiger partial charge >= 0.3 is 6.18 Å². The topological polar surface area (TPSA) is 55.6 Å². The van der Waals surface area contributed by atoms with Crippen molar-refractivity contribution in [2.75, 3.05) is 5.32 Å². The van der Waals surface area contributed by atoms with Gasteiger partial charge < -0.3 is 5.32 Å². The molecule has 5 nitrogen and oxygen atoms in total. The van der Waals surface area contributed by atoms with Gasteiger partial charge in [0.15, 0.2) is 5.69 Å². The van der Waals surface area contributed by atoms with Crippen LogP contribution in [-0.2, 0) is 19.8 Å². The molecule has 0 fully saturated rings. The Bertz CT molecular complexity index is 534. The van der Waals surface area contributed by atoms with Gasteiger partial charge in [-0.2, -0.15) is 18.3 Å². The molecule has 0 aliphatic carbocycles. The molecule has 2 aromatic rings. The molecular weight excluding hydrogens is 247 g/mol. The number of rotatable bonds is 3. The summed E-state index contributed by atoms with van der Waals surface area (Å²) in [4.78, 5) is 6.94. The summed E-state index contributed by atoms with van der Waals surface area (Å²) in [5.41, 5.74) is -0.171. The van der Waals surface area contributed by atoms with Crippen LogP contribution in [0.3, 0.4) is 0 Å². The van der Waals surface area contributed by atoms with Crippen molar-refractivity contribution < 1.29 is 13.2 Å². The highest BCUT2D eigenvalue weighted by molar-refractivity contribution is 5.33. The minimum atomic E-state index is -4.49. The van der Waals surface area contributed by atoms with E-state index in [4.69, 9.17) is 0 Å². The minimum Gasteiger partial charge on any atom is -0.365 e. The molecule has 0 aliphatic heterocycles. The summed E-state index contributed by atoms with van der Waals surface area (Å²) in [7, 11) is 1.76. The number of anilines is 1. The lowest BCUT2D eigenvalue weighted by molar-refractivity contribution is -0.141. The Morgan fingerprint density at radius 1 is 1.28 bits per heavy atom. The zero-order valence-corrected chi connectivity index (χ0v) is 9.44. The fourth-order valence-corrected chi connectivity index (χ4v) is 1.34. The Balaban J connectivity index is 2.06. The van der Waals surface area contributed by atoms with E-state index in [1.54, 1.807) is 24.1 Å². The molecule has 0 spiro atoms. The molecule has 0 unspecified atom stereocenters. The molecular formula is C10H10F3N5. The molecule has 18 heavy (non-hydrogen) atoms. The number of alkyl halides is 3. The number of aromatic nitrogens is 4. The molecule has 2 aromatic heterocycles. The Labute approximate surface area is 101 Å². The summed E-state index contributed by atoms with van der Waals surface area (Å²) in [5, 5.41) is 6.71. The Hall–Kier alpha value is -2.12. The van der Waals surface area contributed by atoms with E-state index in [-0.39, 0.29) is 5.82 Å². The number of hydrogen-bond donors (Lipinski definition) is 1. The molecule has 2 rings (SSSR count). The Morgan fingerprint density at radius 2 is 2.06 bits per heavy atom. The van der Waals surface area contributed by atoms with Crippen LogP contribution in [0.15, 0.2) is 24.8 Å². The van der Waals surface area contributed by atoms with Crippen molar-refractivity contribution in [3.8, 4) is 0 Å².